The molecule has 0 aromatic heterocycles. The van der Waals surface area contributed by atoms with Crippen LogP contribution in [-0.2, 0) is 13.1 Å². The Morgan fingerprint density at radius 3 is 1.49 bits per heavy atom. The van der Waals surface area contributed by atoms with Crippen LogP contribution in [0, 0.1) is 0 Å². The van der Waals surface area contributed by atoms with Gasteiger partial charge in [0, 0.05) is 86.7 Å². The summed E-state index contributed by atoms with van der Waals surface area (Å²) in [7, 11) is 0. The molecule has 3 amide bonds. The van der Waals surface area contributed by atoms with Gasteiger partial charge in [0.25, 0.3) is 5.91 Å². The summed E-state index contributed by atoms with van der Waals surface area (Å²) in [6.45, 7) is 7.70. The zero-order valence-corrected chi connectivity index (χ0v) is 23.4. The molecule has 0 radical (unpaired) electrons. The molecule has 39 heavy (non-hydrogen) atoms. The maximum absolute atomic E-state index is 13.0. The van der Waals surface area contributed by atoms with Crippen molar-refractivity contribution in [2.75, 3.05) is 57.7 Å². The van der Waals surface area contributed by atoms with Crippen LogP contribution >= 0.6 is 23.2 Å². The van der Waals surface area contributed by atoms with E-state index in [4.69, 9.17) is 23.2 Å². The van der Waals surface area contributed by atoms with Crippen molar-refractivity contribution < 1.29 is 9.59 Å². The van der Waals surface area contributed by atoms with Gasteiger partial charge in [-0.25, -0.2) is 4.79 Å². The van der Waals surface area contributed by atoms with E-state index in [1.54, 1.807) is 24.3 Å². The zero-order valence-electron chi connectivity index (χ0n) is 21.9. The van der Waals surface area contributed by atoms with Crippen LogP contribution in [0.15, 0.2) is 72.8 Å². The topological polar surface area (TPSA) is 59.1 Å². The molecule has 5 rings (SSSR count). The van der Waals surface area contributed by atoms with Crippen LogP contribution in [0.5, 0.6) is 0 Å². The van der Waals surface area contributed by atoms with Crippen LogP contribution in [0.1, 0.15) is 21.5 Å². The molecule has 0 atom stereocenters. The number of urea groups is 1. The van der Waals surface area contributed by atoms with Crippen molar-refractivity contribution in [1.82, 2.24) is 19.6 Å². The van der Waals surface area contributed by atoms with Crippen LogP contribution in [-0.4, -0.2) is 83.9 Å². The lowest BCUT2D eigenvalue weighted by Gasteiger charge is -2.35. The standard InChI is InChI=1S/C30H33Cl2N5O2/c31-26-7-1-23(2-8-26)21-34-13-17-36(18-14-34)29(38)25-5-11-28(12-6-25)33-30(39)37-19-15-35(16-20-37)22-24-3-9-27(32)10-4-24/h1-12H,13-22H2,(H,33,39). The van der Waals surface area contributed by atoms with Gasteiger partial charge in [-0.15, -0.1) is 0 Å². The summed E-state index contributed by atoms with van der Waals surface area (Å²) in [6, 6.07) is 22.9. The number of nitrogens with one attached hydrogen (secondary N) is 1. The molecule has 2 saturated heterocycles. The summed E-state index contributed by atoms with van der Waals surface area (Å²) in [5.74, 6) is 0.0239. The first-order valence-electron chi connectivity index (χ1n) is 13.3. The fourth-order valence-electron chi connectivity index (χ4n) is 5.00. The van der Waals surface area contributed by atoms with Crippen molar-refractivity contribution in [2.24, 2.45) is 0 Å². The molecule has 0 bridgehead atoms. The SMILES string of the molecule is O=C(Nc1ccc(C(=O)N2CCN(Cc3ccc(Cl)cc3)CC2)cc1)N1CCN(Cc2ccc(Cl)cc2)CC1. The van der Waals surface area contributed by atoms with Crippen LogP contribution in [0.4, 0.5) is 10.5 Å². The van der Waals surface area contributed by atoms with E-state index >= 15 is 0 Å². The van der Waals surface area contributed by atoms with E-state index in [0.29, 0.717) is 37.4 Å². The Morgan fingerprint density at radius 2 is 1.03 bits per heavy atom. The van der Waals surface area contributed by atoms with Crippen LogP contribution in [0.25, 0.3) is 0 Å². The van der Waals surface area contributed by atoms with Crippen molar-refractivity contribution in [1.29, 1.82) is 0 Å². The lowest BCUT2D eigenvalue weighted by atomic mass is 10.1. The predicted octanol–water partition coefficient (Wildman–Crippen LogP) is 5.30. The zero-order chi connectivity index (χ0) is 27.2. The fraction of sp³-hybridized carbons (Fsp3) is 0.333. The predicted molar refractivity (Wildman–Crippen MR) is 156 cm³/mol. The molecule has 3 aromatic carbocycles. The number of carbonyl (C=O) groups excluding carboxylic acids is 2. The molecule has 2 heterocycles. The quantitative estimate of drug-likeness (QED) is 0.440. The van der Waals surface area contributed by atoms with Gasteiger partial charge in [-0.1, -0.05) is 47.5 Å². The summed E-state index contributed by atoms with van der Waals surface area (Å²) >= 11 is 12.0. The summed E-state index contributed by atoms with van der Waals surface area (Å²) in [5.41, 5.74) is 3.76. The average molecular weight is 567 g/mol. The second kappa shape index (κ2) is 12.8. The van der Waals surface area contributed by atoms with Gasteiger partial charge in [-0.05, 0) is 59.7 Å². The van der Waals surface area contributed by atoms with E-state index in [9.17, 15) is 9.59 Å². The molecular weight excluding hydrogens is 533 g/mol. The maximum atomic E-state index is 13.0. The number of hydrogen-bond acceptors (Lipinski definition) is 4. The van der Waals surface area contributed by atoms with Crippen LogP contribution < -0.4 is 5.32 Å². The summed E-state index contributed by atoms with van der Waals surface area (Å²) in [6.07, 6.45) is 0. The molecule has 1 N–H and O–H groups in total. The molecule has 0 spiro atoms. The molecule has 0 unspecified atom stereocenters. The minimum atomic E-state index is -0.114. The Bertz CT molecular complexity index is 1250. The van der Waals surface area contributed by atoms with E-state index in [2.05, 4.69) is 15.1 Å². The first-order chi connectivity index (χ1) is 18.9. The van der Waals surface area contributed by atoms with Crippen LogP contribution in [0.3, 0.4) is 0 Å². The molecule has 2 fully saturated rings. The van der Waals surface area contributed by atoms with Crippen LogP contribution in [0.2, 0.25) is 10.0 Å². The third kappa shape index (κ3) is 7.51. The normalized spacial score (nSPS) is 16.8. The third-order valence-corrected chi connectivity index (χ3v) is 7.84. The van der Waals surface area contributed by atoms with Crippen molar-refractivity contribution in [3.05, 3.63) is 99.5 Å². The average Bonchev–Trinajstić information content (AvgIpc) is 2.96. The Hall–Kier alpha value is -3.10. The summed E-state index contributed by atoms with van der Waals surface area (Å²) in [4.78, 5) is 34.3. The van der Waals surface area contributed by atoms with E-state index in [-0.39, 0.29) is 11.9 Å². The minimum absolute atomic E-state index is 0.0239. The highest BCUT2D eigenvalue weighted by molar-refractivity contribution is 6.30. The number of nitrogens with zero attached hydrogens (tertiary/aromatic N) is 4. The number of rotatable bonds is 6. The lowest BCUT2D eigenvalue weighted by molar-refractivity contribution is 0.0628. The second-order valence-electron chi connectivity index (χ2n) is 10.1. The molecule has 9 heteroatoms. The van der Waals surface area contributed by atoms with E-state index in [0.717, 1.165) is 49.3 Å². The first-order valence-corrected chi connectivity index (χ1v) is 14.1. The highest BCUT2D eigenvalue weighted by atomic mass is 35.5. The second-order valence-corrected chi connectivity index (χ2v) is 11.0. The maximum Gasteiger partial charge on any atom is 0.321 e. The van der Waals surface area contributed by atoms with Gasteiger partial charge in [0.2, 0.25) is 0 Å². The minimum Gasteiger partial charge on any atom is -0.336 e. The number of anilines is 1. The molecule has 3 aromatic rings. The van der Waals surface area contributed by atoms with E-state index in [1.165, 1.54) is 11.1 Å². The number of piperazine rings is 2. The summed E-state index contributed by atoms with van der Waals surface area (Å²) in [5, 5.41) is 4.45. The number of amides is 3. The summed E-state index contributed by atoms with van der Waals surface area (Å²) < 4.78 is 0. The first kappa shape index (κ1) is 27.5. The number of benzene rings is 3. The number of carbonyl (C=O) groups is 2. The third-order valence-electron chi connectivity index (χ3n) is 7.34. The Labute approximate surface area is 239 Å². The van der Waals surface area contributed by atoms with Crippen molar-refractivity contribution in [3.8, 4) is 0 Å². The van der Waals surface area contributed by atoms with Crippen molar-refractivity contribution in [3.63, 3.8) is 0 Å². The van der Waals surface area contributed by atoms with Gasteiger partial charge in [0.05, 0.1) is 0 Å². The van der Waals surface area contributed by atoms with Gasteiger partial charge in [-0.2, -0.15) is 0 Å². The Balaban J connectivity index is 1.05. The van der Waals surface area contributed by atoms with Crippen molar-refractivity contribution >= 4 is 40.8 Å². The highest BCUT2D eigenvalue weighted by Crippen LogP contribution is 2.17. The molecule has 0 saturated carbocycles. The molecule has 0 aliphatic carbocycles. The smallest absolute Gasteiger partial charge is 0.321 e. The monoisotopic (exact) mass is 565 g/mol. The Kier molecular flexibility index (Phi) is 9.04. The van der Waals surface area contributed by atoms with Gasteiger partial charge in [-0.3, -0.25) is 14.6 Å². The van der Waals surface area contributed by atoms with Gasteiger partial charge < -0.3 is 15.1 Å². The highest BCUT2D eigenvalue weighted by Gasteiger charge is 2.23. The van der Waals surface area contributed by atoms with E-state index in [1.807, 2.05) is 58.3 Å². The lowest BCUT2D eigenvalue weighted by Crippen LogP contribution is -2.49. The van der Waals surface area contributed by atoms with Crippen molar-refractivity contribution in [2.45, 2.75) is 13.1 Å². The van der Waals surface area contributed by atoms with Gasteiger partial charge in [0.1, 0.15) is 0 Å². The molecule has 2 aliphatic rings. The molecule has 2 aliphatic heterocycles. The van der Waals surface area contributed by atoms with Gasteiger partial charge in [0.15, 0.2) is 0 Å². The molecule has 7 nitrogen and oxygen atoms in total. The molecular formula is C30H33Cl2N5O2. The Morgan fingerprint density at radius 1 is 0.590 bits per heavy atom. The number of halogens is 2. The fourth-order valence-corrected chi connectivity index (χ4v) is 5.25. The van der Waals surface area contributed by atoms with Gasteiger partial charge >= 0.3 is 6.03 Å². The largest absolute Gasteiger partial charge is 0.336 e. The van der Waals surface area contributed by atoms with E-state index < -0.39 is 0 Å². The number of hydrogen-bond donors (Lipinski definition) is 1. The molecule has 204 valence electrons.